The van der Waals surface area contributed by atoms with E-state index >= 15 is 0 Å². The zero-order chi connectivity index (χ0) is 13.0. The summed E-state index contributed by atoms with van der Waals surface area (Å²) in [6.07, 6.45) is 1.03. The molecule has 0 aliphatic heterocycles. The number of hydrogen-bond acceptors (Lipinski definition) is 4. The quantitative estimate of drug-likeness (QED) is 0.361. The van der Waals surface area contributed by atoms with Crippen LogP contribution in [0, 0.1) is 6.92 Å². The molecule has 1 heterocycles. The monoisotopic (exact) mass is 236 g/mol. The van der Waals surface area contributed by atoms with Crippen LogP contribution in [0.4, 0.5) is 5.82 Å². The largest absolute Gasteiger partial charge is 0.409 e. The van der Waals surface area contributed by atoms with Crippen molar-refractivity contribution in [2.75, 3.05) is 11.9 Å². The highest BCUT2D eigenvalue weighted by Crippen LogP contribution is 2.17. The summed E-state index contributed by atoms with van der Waals surface area (Å²) in [6.45, 7) is 6.15. The van der Waals surface area contributed by atoms with E-state index in [0.717, 1.165) is 17.9 Å². The van der Waals surface area contributed by atoms with Crippen molar-refractivity contribution in [3.8, 4) is 0 Å². The Hall–Kier alpha value is -1.78. The number of hydrogen-bond donors (Lipinski definition) is 2. The van der Waals surface area contributed by atoms with Crippen molar-refractivity contribution >= 4 is 11.7 Å². The molecular weight excluding hydrogens is 216 g/mol. The van der Waals surface area contributed by atoms with Crippen LogP contribution in [0.5, 0.6) is 0 Å². The first-order valence-electron chi connectivity index (χ1n) is 5.69. The van der Waals surface area contributed by atoms with E-state index in [9.17, 15) is 0 Å². The summed E-state index contributed by atoms with van der Waals surface area (Å²) in [5.74, 6) is 0.940. The van der Waals surface area contributed by atoms with Crippen LogP contribution < -0.4 is 10.6 Å². The smallest absolute Gasteiger partial charge is 0.170 e. The van der Waals surface area contributed by atoms with Gasteiger partial charge in [-0.05, 0) is 32.4 Å². The van der Waals surface area contributed by atoms with Crippen LogP contribution in [0.1, 0.15) is 31.5 Å². The average Bonchev–Trinajstić information content (AvgIpc) is 2.35. The highest BCUT2D eigenvalue weighted by Gasteiger charge is 2.11. The number of nitrogens with two attached hydrogens (primary N) is 1. The van der Waals surface area contributed by atoms with Crippen molar-refractivity contribution in [2.45, 2.75) is 33.2 Å². The molecule has 0 spiro atoms. The molecule has 94 valence electrons. The molecule has 0 aromatic carbocycles. The normalized spacial score (nSPS) is 13.5. The number of aryl methyl sites for hydroxylation is 1. The summed E-state index contributed by atoms with van der Waals surface area (Å²) in [4.78, 5) is 6.54. The minimum absolute atomic E-state index is 0.106. The third kappa shape index (κ3) is 3.09. The molecule has 3 N–H and O–H groups in total. The lowest BCUT2D eigenvalue weighted by molar-refractivity contribution is 0.318. The van der Waals surface area contributed by atoms with Crippen LogP contribution in [0.2, 0.25) is 0 Å². The molecule has 5 nitrogen and oxygen atoms in total. The van der Waals surface area contributed by atoms with Crippen molar-refractivity contribution < 1.29 is 5.21 Å². The number of anilines is 1. The van der Waals surface area contributed by atoms with Gasteiger partial charge in [0.15, 0.2) is 5.84 Å². The number of oxime groups is 1. The lowest BCUT2D eigenvalue weighted by Gasteiger charge is -2.25. The Morgan fingerprint density at radius 3 is 2.76 bits per heavy atom. The number of amidine groups is 1. The van der Waals surface area contributed by atoms with E-state index in [1.54, 1.807) is 6.07 Å². The molecule has 0 amide bonds. The Balaban J connectivity index is 3.13. The third-order valence-corrected chi connectivity index (χ3v) is 2.96. The van der Waals surface area contributed by atoms with E-state index in [1.807, 2.05) is 20.0 Å². The third-order valence-electron chi connectivity index (χ3n) is 2.96. The van der Waals surface area contributed by atoms with Gasteiger partial charge in [0.2, 0.25) is 0 Å². The van der Waals surface area contributed by atoms with Gasteiger partial charge in [-0.1, -0.05) is 12.1 Å². The molecule has 1 aromatic heterocycles. The molecule has 0 fully saturated rings. The zero-order valence-electron chi connectivity index (χ0n) is 10.8. The Labute approximate surface area is 102 Å². The molecule has 0 bridgehead atoms. The second-order valence-corrected chi connectivity index (χ2v) is 4.21. The predicted molar refractivity (Wildman–Crippen MR) is 69.6 cm³/mol. The summed E-state index contributed by atoms with van der Waals surface area (Å²) in [7, 11) is 1.99. The predicted octanol–water partition coefficient (Wildman–Crippen LogP) is 1.72. The number of nitrogens with zero attached hydrogens (tertiary/aromatic N) is 3. The maximum atomic E-state index is 8.69. The van der Waals surface area contributed by atoms with Crippen LogP contribution in [0.25, 0.3) is 0 Å². The second kappa shape index (κ2) is 5.52. The SMILES string of the molecule is CCC(C)N(C)c1cc(/C(N)=N/O)cc(C)n1. The van der Waals surface area contributed by atoms with Gasteiger partial charge in [-0.15, -0.1) is 0 Å². The Kier molecular flexibility index (Phi) is 4.31. The maximum Gasteiger partial charge on any atom is 0.170 e. The van der Waals surface area contributed by atoms with E-state index in [-0.39, 0.29) is 5.84 Å². The maximum absolute atomic E-state index is 8.69. The first kappa shape index (κ1) is 13.3. The first-order valence-corrected chi connectivity index (χ1v) is 5.69. The summed E-state index contributed by atoms with van der Waals surface area (Å²) < 4.78 is 0. The van der Waals surface area contributed by atoms with Gasteiger partial charge in [-0.3, -0.25) is 0 Å². The molecule has 0 radical (unpaired) electrons. The molecule has 17 heavy (non-hydrogen) atoms. The Morgan fingerprint density at radius 2 is 2.24 bits per heavy atom. The molecule has 0 saturated heterocycles. The Morgan fingerprint density at radius 1 is 1.59 bits per heavy atom. The number of pyridine rings is 1. The van der Waals surface area contributed by atoms with E-state index < -0.39 is 0 Å². The average molecular weight is 236 g/mol. The fraction of sp³-hybridized carbons (Fsp3) is 0.500. The molecular formula is C12H20N4O. The lowest BCUT2D eigenvalue weighted by Crippen LogP contribution is -2.29. The molecule has 1 aromatic rings. The fourth-order valence-corrected chi connectivity index (χ4v) is 1.54. The van der Waals surface area contributed by atoms with E-state index in [0.29, 0.717) is 11.6 Å². The van der Waals surface area contributed by atoms with Gasteiger partial charge in [0.1, 0.15) is 5.82 Å². The number of aromatic nitrogens is 1. The van der Waals surface area contributed by atoms with Crippen LogP contribution in [0.15, 0.2) is 17.3 Å². The van der Waals surface area contributed by atoms with E-state index in [4.69, 9.17) is 10.9 Å². The van der Waals surface area contributed by atoms with Gasteiger partial charge < -0.3 is 15.8 Å². The Bertz CT molecular complexity index is 417. The summed E-state index contributed by atoms with van der Waals surface area (Å²) in [5.41, 5.74) is 7.13. The first-order chi connectivity index (χ1) is 7.99. The van der Waals surface area contributed by atoms with Crippen LogP contribution in [-0.2, 0) is 0 Å². The fourth-order valence-electron chi connectivity index (χ4n) is 1.54. The highest BCUT2D eigenvalue weighted by molar-refractivity contribution is 5.97. The van der Waals surface area contributed by atoms with Crippen molar-refractivity contribution in [3.63, 3.8) is 0 Å². The minimum atomic E-state index is 0.106. The molecule has 0 aliphatic carbocycles. The highest BCUT2D eigenvalue weighted by atomic mass is 16.4. The van der Waals surface area contributed by atoms with Crippen LogP contribution >= 0.6 is 0 Å². The van der Waals surface area contributed by atoms with E-state index in [2.05, 4.69) is 28.9 Å². The van der Waals surface area contributed by atoms with Crippen molar-refractivity contribution in [1.29, 1.82) is 0 Å². The summed E-state index contributed by atoms with van der Waals surface area (Å²) in [5, 5.41) is 11.7. The molecule has 0 saturated carbocycles. The standard InChI is InChI=1S/C12H20N4O/c1-5-9(3)16(4)11-7-10(12(13)15-17)6-8(2)14-11/h6-7,9,17H,5H2,1-4H3,(H2,13,15). The molecule has 1 rings (SSSR count). The van der Waals surface area contributed by atoms with Gasteiger partial charge >= 0.3 is 0 Å². The van der Waals surface area contributed by atoms with Crippen molar-refractivity contribution in [1.82, 2.24) is 4.98 Å². The second-order valence-electron chi connectivity index (χ2n) is 4.21. The van der Waals surface area contributed by atoms with Gasteiger partial charge in [0, 0.05) is 24.3 Å². The van der Waals surface area contributed by atoms with Gasteiger partial charge in [0.05, 0.1) is 0 Å². The van der Waals surface area contributed by atoms with Crippen molar-refractivity contribution in [2.24, 2.45) is 10.9 Å². The lowest BCUT2D eigenvalue weighted by atomic mass is 10.2. The summed E-state index contributed by atoms with van der Waals surface area (Å²) in [6, 6.07) is 4.02. The van der Waals surface area contributed by atoms with Crippen LogP contribution in [0.3, 0.4) is 0 Å². The zero-order valence-corrected chi connectivity index (χ0v) is 10.8. The van der Waals surface area contributed by atoms with Gasteiger partial charge in [-0.25, -0.2) is 4.98 Å². The van der Waals surface area contributed by atoms with Gasteiger partial charge in [0.25, 0.3) is 0 Å². The molecule has 1 atom stereocenters. The van der Waals surface area contributed by atoms with E-state index in [1.165, 1.54) is 0 Å². The molecule has 0 aliphatic rings. The summed E-state index contributed by atoms with van der Waals surface area (Å²) >= 11 is 0. The topological polar surface area (TPSA) is 74.7 Å². The number of rotatable bonds is 4. The minimum Gasteiger partial charge on any atom is -0.409 e. The van der Waals surface area contributed by atoms with Crippen molar-refractivity contribution in [3.05, 3.63) is 23.4 Å². The molecule has 1 unspecified atom stereocenters. The molecule has 5 heteroatoms. The van der Waals surface area contributed by atoms with Crippen LogP contribution in [-0.4, -0.2) is 29.1 Å². The van der Waals surface area contributed by atoms with Gasteiger partial charge in [-0.2, -0.15) is 0 Å².